The van der Waals surface area contributed by atoms with E-state index in [1.165, 1.54) is 83.5 Å². The van der Waals surface area contributed by atoms with Gasteiger partial charge in [-0.25, -0.2) is 0 Å². The Labute approximate surface area is 235 Å². The molecule has 2 saturated carbocycles. The third-order valence-corrected chi connectivity index (χ3v) is 17.1. The van der Waals surface area contributed by atoms with Crippen LogP contribution in [0, 0.1) is 11.3 Å². The highest BCUT2D eigenvalue weighted by atomic mass is 28.3. The number of rotatable bonds is 4. The largest absolute Gasteiger partial charge is 0.299 e. The van der Waals surface area contributed by atoms with Gasteiger partial charge < -0.3 is 0 Å². The summed E-state index contributed by atoms with van der Waals surface area (Å²) in [5, 5.41) is 3.27. The average molecular weight is 531 g/mol. The van der Waals surface area contributed by atoms with Crippen LogP contribution in [-0.4, -0.2) is 13.9 Å². The molecule has 2 fully saturated rings. The molecule has 38 heavy (non-hydrogen) atoms. The minimum absolute atomic E-state index is 0.127. The van der Waals surface area contributed by atoms with Crippen molar-refractivity contribution in [1.29, 1.82) is 0 Å². The van der Waals surface area contributed by atoms with Crippen LogP contribution < -0.4 is 10.4 Å². The zero-order valence-electron chi connectivity index (χ0n) is 24.9. The van der Waals surface area contributed by atoms with Gasteiger partial charge in [0.1, 0.15) is 13.9 Å². The lowest BCUT2D eigenvalue weighted by Gasteiger charge is -2.49. The van der Waals surface area contributed by atoms with Crippen LogP contribution in [0.25, 0.3) is 0 Å². The molecule has 3 atom stereocenters. The summed E-state index contributed by atoms with van der Waals surface area (Å²) < 4.78 is 0. The first kappa shape index (κ1) is 29.3. The van der Waals surface area contributed by atoms with Gasteiger partial charge in [-0.1, -0.05) is 162 Å². The molecule has 2 aliphatic rings. The molecule has 0 heterocycles. The lowest BCUT2D eigenvalue weighted by atomic mass is 9.69. The maximum atomic E-state index is 13.8. The van der Waals surface area contributed by atoms with Crippen LogP contribution in [0.15, 0.2) is 60.7 Å². The fourth-order valence-electron chi connectivity index (χ4n) is 8.84. The summed E-state index contributed by atoms with van der Waals surface area (Å²) in [6.07, 6.45) is 19.6. The standard InChI is InChI=1S/C36H54OSi/c1-30(37)36-27-21-13-11-9-7-5-6-8-10-12-16-22-31(36)28-34(29-36)38(35(2,3)4,32-23-17-14-18-24-32)33-25-19-15-20-26-33/h14-15,17-20,23-26,31,34H,5-13,16,21-22,27-29H2,1-4H3/t31-,34+,36+/m0/s1. The smallest absolute Gasteiger partial charge is 0.136 e. The molecule has 0 aliphatic heterocycles. The normalized spacial score (nSPS) is 26.6. The Morgan fingerprint density at radius 2 is 1.16 bits per heavy atom. The van der Waals surface area contributed by atoms with E-state index < -0.39 is 8.07 Å². The molecule has 0 bridgehead atoms. The Morgan fingerprint density at radius 3 is 1.61 bits per heavy atom. The second kappa shape index (κ2) is 13.1. The maximum absolute atomic E-state index is 13.8. The number of carbonyl (C=O) groups excluding carboxylic acids is 1. The van der Waals surface area contributed by atoms with Crippen molar-refractivity contribution >= 4 is 24.2 Å². The molecule has 2 aliphatic carbocycles. The molecular formula is C36H54OSi. The van der Waals surface area contributed by atoms with Gasteiger partial charge in [-0.15, -0.1) is 0 Å². The van der Waals surface area contributed by atoms with Crippen LogP contribution in [0.1, 0.15) is 124 Å². The van der Waals surface area contributed by atoms with E-state index in [4.69, 9.17) is 0 Å². The van der Waals surface area contributed by atoms with E-state index >= 15 is 0 Å². The van der Waals surface area contributed by atoms with Crippen molar-refractivity contribution in [3.63, 3.8) is 0 Å². The highest BCUT2D eigenvalue weighted by molar-refractivity contribution is 7.05. The Morgan fingerprint density at radius 1 is 0.711 bits per heavy atom. The molecule has 2 aromatic carbocycles. The second-order valence-corrected chi connectivity index (χ2v) is 18.9. The van der Waals surface area contributed by atoms with E-state index in [-0.39, 0.29) is 10.5 Å². The van der Waals surface area contributed by atoms with Crippen molar-refractivity contribution in [1.82, 2.24) is 0 Å². The Kier molecular flexibility index (Phi) is 10.1. The topological polar surface area (TPSA) is 17.1 Å². The van der Waals surface area contributed by atoms with E-state index in [0.29, 0.717) is 17.2 Å². The second-order valence-electron chi connectivity index (χ2n) is 13.8. The van der Waals surface area contributed by atoms with E-state index in [0.717, 1.165) is 12.8 Å². The average Bonchev–Trinajstić information content (AvgIpc) is 3.26. The number of fused-ring (bicyclic) bond motifs is 1. The van der Waals surface area contributed by atoms with E-state index in [9.17, 15) is 4.79 Å². The van der Waals surface area contributed by atoms with Gasteiger partial charge in [0.2, 0.25) is 0 Å². The van der Waals surface area contributed by atoms with Crippen molar-refractivity contribution in [2.24, 2.45) is 11.3 Å². The third kappa shape index (κ3) is 6.06. The Bertz CT molecular complexity index is 952. The van der Waals surface area contributed by atoms with E-state index in [2.05, 4.69) is 81.4 Å². The highest BCUT2D eigenvalue weighted by Gasteiger charge is 2.60. The summed E-state index contributed by atoms with van der Waals surface area (Å²) in [5.41, 5.74) is 0.456. The third-order valence-electron chi connectivity index (χ3n) is 10.6. The zero-order chi connectivity index (χ0) is 27.1. The first-order valence-electron chi connectivity index (χ1n) is 15.9. The minimum atomic E-state index is -2.25. The quantitative estimate of drug-likeness (QED) is 0.360. The first-order chi connectivity index (χ1) is 18.3. The molecule has 0 aromatic heterocycles. The molecule has 1 nitrogen and oxygen atoms in total. The molecule has 2 aromatic rings. The number of ketones is 1. The molecule has 208 valence electrons. The summed E-state index contributed by atoms with van der Waals surface area (Å²) in [7, 11) is -2.25. The molecule has 4 rings (SSSR count). The molecule has 0 amide bonds. The molecule has 0 unspecified atom stereocenters. The lowest BCUT2D eigenvalue weighted by Crippen LogP contribution is -2.67. The first-order valence-corrected chi connectivity index (χ1v) is 18.0. The van der Waals surface area contributed by atoms with Gasteiger partial charge in [-0.05, 0) is 49.1 Å². The predicted molar refractivity (Wildman–Crippen MR) is 167 cm³/mol. The molecule has 0 saturated heterocycles. The fourth-order valence-corrected chi connectivity index (χ4v) is 15.8. The molecule has 2 heteroatoms. The number of hydrogen-bond acceptors (Lipinski definition) is 1. The fraction of sp³-hybridized carbons (Fsp3) is 0.639. The summed E-state index contributed by atoms with van der Waals surface area (Å²) in [5.74, 6) is 1.03. The van der Waals surface area contributed by atoms with Gasteiger partial charge in [0.15, 0.2) is 0 Å². The van der Waals surface area contributed by atoms with Gasteiger partial charge in [0.25, 0.3) is 0 Å². The van der Waals surface area contributed by atoms with Gasteiger partial charge in [-0.2, -0.15) is 0 Å². The van der Waals surface area contributed by atoms with Crippen molar-refractivity contribution in [2.75, 3.05) is 0 Å². The van der Waals surface area contributed by atoms with Crippen LogP contribution in [-0.2, 0) is 4.79 Å². The minimum Gasteiger partial charge on any atom is -0.299 e. The Hall–Kier alpha value is -1.67. The summed E-state index contributed by atoms with van der Waals surface area (Å²) in [6, 6.07) is 23.0. The van der Waals surface area contributed by atoms with Gasteiger partial charge in [-0.3, -0.25) is 4.79 Å². The summed E-state index contributed by atoms with van der Waals surface area (Å²) in [6.45, 7) is 9.45. The SMILES string of the molecule is CC(=O)[C@]12CCCCCCCCCCCCC[C@H]1C[C@@H]([Si](c1ccccc1)(c1ccccc1)C(C)(C)C)C2. The number of Topliss-reactive ketones (excluding diaryl/α,β-unsaturated/α-hetero) is 1. The van der Waals surface area contributed by atoms with Crippen LogP contribution >= 0.6 is 0 Å². The number of hydrogen-bond donors (Lipinski definition) is 0. The van der Waals surface area contributed by atoms with Crippen LogP contribution in [0.3, 0.4) is 0 Å². The van der Waals surface area contributed by atoms with Gasteiger partial charge in [0, 0.05) is 5.41 Å². The zero-order valence-corrected chi connectivity index (χ0v) is 25.9. The van der Waals surface area contributed by atoms with Gasteiger partial charge in [0.05, 0.1) is 0 Å². The number of carbonyl (C=O) groups is 1. The Balaban J connectivity index is 1.78. The van der Waals surface area contributed by atoms with Crippen LogP contribution in [0.4, 0.5) is 0 Å². The van der Waals surface area contributed by atoms with Gasteiger partial charge >= 0.3 is 0 Å². The van der Waals surface area contributed by atoms with Crippen molar-refractivity contribution in [2.45, 2.75) is 135 Å². The monoisotopic (exact) mass is 530 g/mol. The molecule has 0 radical (unpaired) electrons. The van der Waals surface area contributed by atoms with Crippen molar-refractivity contribution in [3.05, 3.63) is 60.7 Å². The molecule has 0 N–H and O–H groups in total. The summed E-state index contributed by atoms with van der Waals surface area (Å²) in [4.78, 5) is 13.8. The van der Waals surface area contributed by atoms with E-state index in [1.807, 2.05) is 6.92 Å². The van der Waals surface area contributed by atoms with E-state index in [1.54, 1.807) is 10.4 Å². The summed E-state index contributed by atoms with van der Waals surface area (Å²) >= 11 is 0. The van der Waals surface area contributed by atoms with Crippen LogP contribution in [0.5, 0.6) is 0 Å². The lowest BCUT2D eigenvalue weighted by molar-refractivity contribution is -0.129. The van der Waals surface area contributed by atoms with Crippen molar-refractivity contribution < 1.29 is 4.79 Å². The molecular weight excluding hydrogens is 476 g/mol. The van der Waals surface area contributed by atoms with Crippen molar-refractivity contribution in [3.8, 4) is 0 Å². The number of benzene rings is 2. The maximum Gasteiger partial charge on any atom is 0.136 e. The molecule has 0 spiro atoms. The predicted octanol–water partition coefficient (Wildman–Crippen LogP) is 9.49. The highest BCUT2D eigenvalue weighted by Crippen LogP contribution is 2.61. The van der Waals surface area contributed by atoms with Crippen LogP contribution in [0.2, 0.25) is 10.6 Å².